The largest absolute Gasteiger partial charge is 0.316 e. The van der Waals surface area contributed by atoms with Gasteiger partial charge in [0.05, 0.1) is 5.69 Å². The molecule has 0 aliphatic heterocycles. The second-order valence-electron chi connectivity index (χ2n) is 4.30. The molecule has 0 radical (unpaired) electrons. The van der Waals surface area contributed by atoms with Crippen LogP contribution < -0.4 is 5.32 Å². The van der Waals surface area contributed by atoms with Crippen LogP contribution in [0, 0.1) is 0 Å². The van der Waals surface area contributed by atoms with Gasteiger partial charge in [0.15, 0.2) is 0 Å². The number of aromatic nitrogens is 2. The quantitative estimate of drug-likeness (QED) is 0.759. The number of nitrogens with one attached hydrogen (secondary N) is 1. The molecule has 0 bridgehead atoms. The highest BCUT2D eigenvalue weighted by Crippen LogP contribution is 2.21. The van der Waals surface area contributed by atoms with Gasteiger partial charge in [-0.1, -0.05) is 24.3 Å². The summed E-state index contributed by atoms with van der Waals surface area (Å²) in [5, 5.41) is 3.18. The van der Waals surface area contributed by atoms with Gasteiger partial charge in [-0.3, -0.25) is 4.40 Å². The third-order valence-electron chi connectivity index (χ3n) is 3.03. The highest BCUT2D eigenvalue weighted by atomic mass is 15.0. The van der Waals surface area contributed by atoms with Crippen LogP contribution >= 0.6 is 0 Å². The molecule has 2 heterocycles. The summed E-state index contributed by atoms with van der Waals surface area (Å²) in [5.74, 6) is 0. The van der Waals surface area contributed by atoms with Crippen LogP contribution in [0.1, 0.15) is 5.56 Å². The molecule has 3 nitrogen and oxygen atoms in total. The van der Waals surface area contributed by atoms with Crippen molar-refractivity contribution >= 4 is 5.65 Å². The van der Waals surface area contributed by atoms with Crippen molar-refractivity contribution in [3.8, 4) is 11.3 Å². The van der Waals surface area contributed by atoms with Crippen LogP contribution in [0.3, 0.4) is 0 Å². The van der Waals surface area contributed by atoms with E-state index in [1.807, 2.05) is 31.6 Å². The molecule has 0 unspecified atom stereocenters. The number of benzene rings is 1. The van der Waals surface area contributed by atoms with Gasteiger partial charge in [0, 0.05) is 18.9 Å². The SMILES string of the molecule is CNCc1cccc(-c2cccc3nccn23)c1. The average molecular weight is 237 g/mol. The molecule has 0 amide bonds. The Morgan fingerprint density at radius 3 is 2.94 bits per heavy atom. The third kappa shape index (κ3) is 1.89. The van der Waals surface area contributed by atoms with E-state index in [1.165, 1.54) is 16.8 Å². The molecule has 0 aliphatic rings. The molecule has 90 valence electrons. The number of imidazole rings is 1. The zero-order valence-corrected chi connectivity index (χ0v) is 10.3. The molecule has 0 fully saturated rings. The Balaban J connectivity index is 2.13. The maximum Gasteiger partial charge on any atom is 0.137 e. The molecule has 0 spiro atoms. The van der Waals surface area contributed by atoms with Crippen molar-refractivity contribution in [1.82, 2.24) is 14.7 Å². The summed E-state index contributed by atoms with van der Waals surface area (Å²) in [5.41, 5.74) is 4.65. The zero-order chi connectivity index (χ0) is 12.4. The molecule has 3 aromatic rings. The summed E-state index contributed by atoms with van der Waals surface area (Å²) in [6, 6.07) is 14.8. The van der Waals surface area contributed by atoms with Crippen molar-refractivity contribution in [2.75, 3.05) is 7.05 Å². The topological polar surface area (TPSA) is 29.3 Å². The maximum absolute atomic E-state index is 4.31. The van der Waals surface area contributed by atoms with Gasteiger partial charge in [-0.15, -0.1) is 0 Å². The number of pyridine rings is 1. The highest BCUT2D eigenvalue weighted by molar-refractivity contribution is 5.64. The van der Waals surface area contributed by atoms with Gasteiger partial charge in [-0.05, 0) is 36.4 Å². The Labute approximate surface area is 106 Å². The predicted octanol–water partition coefficient (Wildman–Crippen LogP) is 2.72. The number of nitrogens with zero attached hydrogens (tertiary/aromatic N) is 2. The van der Waals surface area contributed by atoms with Crippen LogP contribution in [0.15, 0.2) is 54.9 Å². The van der Waals surface area contributed by atoms with Crippen LogP contribution in [0.2, 0.25) is 0 Å². The summed E-state index contributed by atoms with van der Waals surface area (Å²) in [4.78, 5) is 4.31. The first-order valence-corrected chi connectivity index (χ1v) is 6.04. The first-order valence-electron chi connectivity index (χ1n) is 6.04. The van der Waals surface area contributed by atoms with Gasteiger partial charge in [0.1, 0.15) is 5.65 Å². The van der Waals surface area contributed by atoms with E-state index in [2.05, 4.69) is 45.0 Å². The summed E-state index contributed by atoms with van der Waals surface area (Å²) < 4.78 is 2.11. The molecule has 2 aromatic heterocycles. The van der Waals surface area contributed by atoms with E-state index in [9.17, 15) is 0 Å². The van der Waals surface area contributed by atoms with Crippen molar-refractivity contribution in [2.24, 2.45) is 0 Å². The first kappa shape index (κ1) is 11.0. The summed E-state index contributed by atoms with van der Waals surface area (Å²) in [7, 11) is 1.96. The fraction of sp³-hybridized carbons (Fsp3) is 0.133. The second kappa shape index (κ2) is 4.63. The summed E-state index contributed by atoms with van der Waals surface area (Å²) in [6.07, 6.45) is 3.83. The van der Waals surface area contributed by atoms with Crippen molar-refractivity contribution < 1.29 is 0 Å². The van der Waals surface area contributed by atoms with Crippen molar-refractivity contribution in [3.05, 3.63) is 60.4 Å². The van der Waals surface area contributed by atoms with Gasteiger partial charge in [0.2, 0.25) is 0 Å². The molecule has 1 aromatic carbocycles. The minimum Gasteiger partial charge on any atom is -0.316 e. The highest BCUT2D eigenvalue weighted by Gasteiger charge is 2.03. The lowest BCUT2D eigenvalue weighted by molar-refractivity contribution is 0.818. The number of fused-ring (bicyclic) bond motifs is 1. The van der Waals surface area contributed by atoms with Crippen LogP contribution in [-0.4, -0.2) is 16.4 Å². The number of hydrogen-bond donors (Lipinski definition) is 1. The van der Waals surface area contributed by atoms with Gasteiger partial charge in [-0.25, -0.2) is 4.98 Å². The number of rotatable bonds is 3. The van der Waals surface area contributed by atoms with E-state index in [-0.39, 0.29) is 0 Å². The lowest BCUT2D eigenvalue weighted by atomic mass is 10.1. The summed E-state index contributed by atoms with van der Waals surface area (Å²) in [6.45, 7) is 0.883. The smallest absolute Gasteiger partial charge is 0.137 e. The number of hydrogen-bond acceptors (Lipinski definition) is 2. The fourth-order valence-corrected chi connectivity index (χ4v) is 2.23. The maximum atomic E-state index is 4.31. The van der Waals surface area contributed by atoms with Gasteiger partial charge in [0.25, 0.3) is 0 Å². The van der Waals surface area contributed by atoms with E-state index < -0.39 is 0 Å². The Morgan fingerprint density at radius 2 is 2.06 bits per heavy atom. The molecule has 0 saturated heterocycles. The Kier molecular flexibility index (Phi) is 2.82. The zero-order valence-electron chi connectivity index (χ0n) is 10.3. The average Bonchev–Trinajstić information content (AvgIpc) is 2.87. The normalized spacial score (nSPS) is 10.9. The molecule has 0 aliphatic carbocycles. The molecular formula is C15H15N3. The van der Waals surface area contributed by atoms with Crippen LogP contribution in [0.25, 0.3) is 16.9 Å². The molecular weight excluding hydrogens is 222 g/mol. The Bertz CT molecular complexity index is 670. The lowest BCUT2D eigenvalue weighted by Crippen LogP contribution is -2.04. The molecule has 18 heavy (non-hydrogen) atoms. The van der Waals surface area contributed by atoms with Crippen molar-refractivity contribution in [3.63, 3.8) is 0 Å². The first-order chi connectivity index (χ1) is 8.88. The van der Waals surface area contributed by atoms with E-state index in [0.29, 0.717) is 0 Å². The molecule has 1 N–H and O–H groups in total. The molecule has 3 rings (SSSR count). The minimum absolute atomic E-state index is 0.883. The summed E-state index contributed by atoms with van der Waals surface area (Å²) >= 11 is 0. The monoisotopic (exact) mass is 237 g/mol. The van der Waals surface area contributed by atoms with E-state index in [0.717, 1.165) is 12.2 Å². The van der Waals surface area contributed by atoms with Crippen LogP contribution in [-0.2, 0) is 6.54 Å². The Hall–Kier alpha value is -2.13. The standard InChI is InChI=1S/C15H15N3/c1-16-11-12-4-2-5-13(10-12)14-6-3-7-15-17-8-9-18(14)15/h2-10,16H,11H2,1H3. The van der Waals surface area contributed by atoms with E-state index in [1.54, 1.807) is 0 Å². The minimum atomic E-state index is 0.883. The van der Waals surface area contributed by atoms with Crippen molar-refractivity contribution in [1.29, 1.82) is 0 Å². The van der Waals surface area contributed by atoms with Crippen molar-refractivity contribution in [2.45, 2.75) is 6.54 Å². The van der Waals surface area contributed by atoms with E-state index in [4.69, 9.17) is 0 Å². The lowest BCUT2D eigenvalue weighted by Gasteiger charge is -2.07. The fourth-order valence-electron chi connectivity index (χ4n) is 2.23. The van der Waals surface area contributed by atoms with E-state index >= 15 is 0 Å². The van der Waals surface area contributed by atoms with Gasteiger partial charge in [-0.2, -0.15) is 0 Å². The molecule has 0 saturated carbocycles. The van der Waals surface area contributed by atoms with Crippen LogP contribution in [0.5, 0.6) is 0 Å². The second-order valence-corrected chi connectivity index (χ2v) is 4.30. The molecule has 0 atom stereocenters. The van der Waals surface area contributed by atoms with Gasteiger partial charge < -0.3 is 5.32 Å². The predicted molar refractivity (Wildman–Crippen MR) is 73.4 cm³/mol. The Morgan fingerprint density at radius 1 is 1.17 bits per heavy atom. The third-order valence-corrected chi connectivity index (χ3v) is 3.03. The van der Waals surface area contributed by atoms with Gasteiger partial charge >= 0.3 is 0 Å². The molecule has 3 heteroatoms. The van der Waals surface area contributed by atoms with Crippen LogP contribution in [0.4, 0.5) is 0 Å².